The van der Waals surface area contributed by atoms with Crippen molar-refractivity contribution in [1.82, 2.24) is 0 Å². The van der Waals surface area contributed by atoms with Crippen molar-refractivity contribution in [2.45, 2.75) is 38.5 Å². The molecule has 0 amide bonds. The van der Waals surface area contributed by atoms with Crippen LogP contribution in [0.1, 0.15) is 49.7 Å². The first-order valence-electron chi connectivity index (χ1n) is 6.45. The Kier molecular flexibility index (Phi) is 3.98. The van der Waals surface area contributed by atoms with Crippen LogP contribution in [0.2, 0.25) is 0 Å². The predicted octanol–water partition coefficient (Wildman–Crippen LogP) is 4.52. The van der Waals surface area contributed by atoms with Gasteiger partial charge in [0.25, 0.3) is 0 Å². The van der Waals surface area contributed by atoms with Gasteiger partial charge in [-0.3, -0.25) is 0 Å². The maximum absolute atomic E-state index is 8.47. The molecule has 1 aliphatic carbocycles. The molecule has 0 aromatic heterocycles. The van der Waals surface area contributed by atoms with Gasteiger partial charge in [-0.25, -0.2) is 0 Å². The predicted molar refractivity (Wildman–Crippen MR) is 71.5 cm³/mol. The van der Waals surface area contributed by atoms with Crippen LogP contribution in [0, 0.1) is 17.2 Å². The Morgan fingerprint density at radius 2 is 1.76 bits per heavy atom. The molecule has 1 fully saturated rings. The van der Waals surface area contributed by atoms with Gasteiger partial charge in [-0.2, -0.15) is 5.26 Å². The van der Waals surface area contributed by atoms with E-state index in [0.29, 0.717) is 0 Å². The zero-order valence-corrected chi connectivity index (χ0v) is 10.4. The quantitative estimate of drug-likeness (QED) is 0.679. The third-order valence-corrected chi connectivity index (χ3v) is 3.77. The Hall–Kier alpha value is -1.55. The van der Waals surface area contributed by atoms with Crippen molar-refractivity contribution in [3.05, 3.63) is 41.5 Å². The zero-order chi connectivity index (χ0) is 12.1. The first-order chi connectivity index (χ1) is 8.29. The van der Waals surface area contributed by atoms with Gasteiger partial charge in [-0.1, -0.05) is 44.0 Å². The van der Waals surface area contributed by atoms with Crippen molar-refractivity contribution in [3.63, 3.8) is 0 Å². The van der Waals surface area contributed by atoms with E-state index in [9.17, 15) is 0 Å². The number of hydrogen-bond acceptors (Lipinski definition) is 1. The van der Waals surface area contributed by atoms with Crippen LogP contribution in [-0.4, -0.2) is 0 Å². The SMILES string of the molecule is CC1CCC(c2ccc(C=CC#N)cc2)CC1. The summed E-state index contributed by atoms with van der Waals surface area (Å²) in [6, 6.07) is 10.7. The van der Waals surface area contributed by atoms with Crippen LogP contribution in [0.3, 0.4) is 0 Å². The number of hydrogen-bond donors (Lipinski definition) is 0. The summed E-state index contributed by atoms with van der Waals surface area (Å²) in [7, 11) is 0. The summed E-state index contributed by atoms with van der Waals surface area (Å²) >= 11 is 0. The van der Waals surface area contributed by atoms with Gasteiger partial charge >= 0.3 is 0 Å². The van der Waals surface area contributed by atoms with Crippen LogP contribution in [0.15, 0.2) is 30.3 Å². The molecule has 0 radical (unpaired) electrons. The smallest absolute Gasteiger partial charge is 0.0912 e. The summed E-state index contributed by atoms with van der Waals surface area (Å²) < 4.78 is 0. The number of nitriles is 1. The number of nitrogens with zero attached hydrogens (tertiary/aromatic N) is 1. The van der Waals surface area contributed by atoms with Crippen molar-refractivity contribution in [1.29, 1.82) is 5.26 Å². The molecule has 17 heavy (non-hydrogen) atoms. The molecular formula is C16H19N. The van der Waals surface area contributed by atoms with Crippen molar-refractivity contribution >= 4 is 6.08 Å². The zero-order valence-electron chi connectivity index (χ0n) is 10.4. The van der Waals surface area contributed by atoms with E-state index in [-0.39, 0.29) is 0 Å². The Morgan fingerprint density at radius 1 is 1.12 bits per heavy atom. The van der Waals surface area contributed by atoms with Gasteiger partial charge in [-0.05, 0) is 41.9 Å². The summed E-state index contributed by atoms with van der Waals surface area (Å²) in [6.07, 6.45) is 8.76. The summed E-state index contributed by atoms with van der Waals surface area (Å²) in [6.45, 7) is 2.35. The third kappa shape index (κ3) is 3.20. The second-order valence-corrected chi connectivity index (χ2v) is 5.09. The lowest BCUT2D eigenvalue weighted by Crippen LogP contribution is -2.10. The Balaban J connectivity index is 2.03. The fourth-order valence-electron chi connectivity index (χ4n) is 2.61. The van der Waals surface area contributed by atoms with Crippen LogP contribution < -0.4 is 0 Å². The molecule has 0 bridgehead atoms. The monoisotopic (exact) mass is 225 g/mol. The molecule has 1 aliphatic rings. The largest absolute Gasteiger partial charge is 0.193 e. The van der Waals surface area contributed by atoms with Crippen LogP contribution in [0.4, 0.5) is 0 Å². The van der Waals surface area contributed by atoms with Gasteiger partial charge < -0.3 is 0 Å². The molecule has 0 atom stereocenters. The highest BCUT2D eigenvalue weighted by Gasteiger charge is 2.19. The Labute approximate surface area is 104 Å². The number of rotatable bonds is 2. The molecule has 2 rings (SSSR count). The molecule has 1 heteroatoms. The summed E-state index contributed by atoms with van der Waals surface area (Å²) in [5.41, 5.74) is 2.57. The standard InChI is InChI=1S/C16H19N/c1-13-4-8-15(9-5-13)16-10-6-14(7-11-16)3-2-12-17/h2-3,6-7,10-11,13,15H,4-5,8-9H2,1H3. The van der Waals surface area contributed by atoms with Gasteiger partial charge in [0.1, 0.15) is 0 Å². The van der Waals surface area contributed by atoms with Crippen molar-refractivity contribution < 1.29 is 0 Å². The van der Waals surface area contributed by atoms with E-state index in [1.807, 2.05) is 12.1 Å². The van der Waals surface area contributed by atoms with E-state index in [1.165, 1.54) is 37.3 Å². The van der Waals surface area contributed by atoms with E-state index in [4.69, 9.17) is 5.26 Å². The molecule has 1 saturated carbocycles. The maximum atomic E-state index is 8.47. The first kappa shape index (κ1) is 11.9. The van der Waals surface area contributed by atoms with Gasteiger partial charge in [0.05, 0.1) is 6.07 Å². The molecule has 1 nitrogen and oxygen atoms in total. The van der Waals surface area contributed by atoms with Crippen molar-refractivity contribution in [2.75, 3.05) is 0 Å². The summed E-state index contributed by atoms with van der Waals surface area (Å²) in [4.78, 5) is 0. The minimum Gasteiger partial charge on any atom is -0.193 e. The minimum absolute atomic E-state index is 0.750. The highest BCUT2D eigenvalue weighted by molar-refractivity contribution is 5.52. The second kappa shape index (κ2) is 5.68. The van der Waals surface area contributed by atoms with E-state index >= 15 is 0 Å². The third-order valence-electron chi connectivity index (χ3n) is 3.77. The number of allylic oxidation sites excluding steroid dienone is 1. The van der Waals surface area contributed by atoms with Crippen LogP contribution >= 0.6 is 0 Å². The van der Waals surface area contributed by atoms with Crippen LogP contribution in [0.25, 0.3) is 6.08 Å². The van der Waals surface area contributed by atoms with E-state index < -0.39 is 0 Å². The average Bonchev–Trinajstić information content (AvgIpc) is 2.38. The molecule has 0 spiro atoms. The lowest BCUT2D eigenvalue weighted by atomic mass is 9.79. The van der Waals surface area contributed by atoms with Crippen molar-refractivity contribution in [3.8, 4) is 6.07 Å². The fraction of sp³-hybridized carbons (Fsp3) is 0.438. The van der Waals surface area contributed by atoms with Gasteiger partial charge in [0, 0.05) is 6.08 Å². The average molecular weight is 225 g/mol. The van der Waals surface area contributed by atoms with E-state index in [0.717, 1.165) is 17.4 Å². The Bertz CT molecular complexity index is 414. The molecule has 0 aliphatic heterocycles. The van der Waals surface area contributed by atoms with Gasteiger partial charge in [-0.15, -0.1) is 0 Å². The molecule has 0 saturated heterocycles. The molecular weight excluding hydrogens is 206 g/mol. The van der Waals surface area contributed by atoms with E-state index in [1.54, 1.807) is 0 Å². The molecule has 0 unspecified atom stereocenters. The summed E-state index contributed by atoms with van der Waals surface area (Å²) in [5, 5.41) is 8.47. The van der Waals surface area contributed by atoms with E-state index in [2.05, 4.69) is 31.2 Å². The van der Waals surface area contributed by atoms with Gasteiger partial charge in [0.15, 0.2) is 0 Å². The molecule has 1 aromatic rings. The first-order valence-corrected chi connectivity index (χ1v) is 6.45. The fourth-order valence-corrected chi connectivity index (χ4v) is 2.61. The normalized spacial score (nSPS) is 24.7. The topological polar surface area (TPSA) is 23.8 Å². The number of benzene rings is 1. The second-order valence-electron chi connectivity index (χ2n) is 5.09. The lowest BCUT2D eigenvalue weighted by molar-refractivity contribution is 0.348. The molecule has 0 heterocycles. The Morgan fingerprint density at radius 3 is 2.35 bits per heavy atom. The van der Waals surface area contributed by atoms with Gasteiger partial charge in [0.2, 0.25) is 0 Å². The highest BCUT2D eigenvalue weighted by atomic mass is 14.2. The maximum Gasteiger partial charge on any atom is 0.0912 e. The molecule has 1 aromatic carbocycles. The highest BCUT2D eigenvalue weighted by Crippen LogP contribution is 2.35. The minimum atomic E-state index is 0.750. The molecule has 0 N–H and O–H groups in total. The molecule has 88 valence electrons. The lowest BCUT2D eigenvalue weighted by Gasteiger charge is -2.26. The van der Waals surface area contributed by atoms with Crippen LogP contribution in [-0.2, 0) is 0 Å². The van der Waals surface area contributed by atoms with Crippen LogP contribution in [0.5, 0.6) is 0 Å². The summed E-state index contributed by atoms with van der Waals surface area (Å²) in [5.74, 6) is 1.66. The van der Waals surface area contributed by atoms with Crippen molar-refractivity contribution in [2.24, 2.45) is 5.92 Å².